The van der Waals surface area contributed by atoms with E-state index in [4.69, 9.17) is 9.47 Å². The van der Waals surface area contributed by atoms with Crippen LogP contribution in [0.1, 0.15) is 45.2 Å². The molecule has 0 fully saturated rings. The van der Waals surface area contributed by atoms with E-state index < -0.39 is 11.9 Å². The molecule has 1 aliphatic carbocycles. The van der Waals surface area contributed by atoms with E-state index in [1.165, 1.54) is 5.57 Å². The molecule has 4 nitrogen and oxygen atoms in total. The zero-order valence-electron chi connectivity index (χ0n) is 18.1. The van der Waals surface area contributed by atoms with Crippen molar-refractivity contribution < 1.29 is 19.1 Å². The highest BCUT2D eigenvalue weighted by Crippen LogP contribution is 2.45. The standard InChI is InChI=1S/C26H28O4/c1-15(2)13-18-11-12-21-22(14-18)24(30-26(28)17(5)6)20-10-8-7-9-19(20)23(21)29-25(27)16(3)4/h7-11,15H,3,5,12-14H2,1-2,4,6H3. The highest BCUT2D eigenvalue weighted by Gasteiger charge is 2.27. The molecule has 2 aromatic rings. The van der Waals surface area contributed by atoms with Gasteiger partial charge in [0.1, 0.15) is 11.5 Å². The Kier molecular flexibility index (Phi) is 6.25. The van der Waals surface area contributed by atoms with Crippen molar-refractivity contribution in [2.24, 2.45) is 5.92 Å². The van der Waals surface area contributed by atoms with Gasteiger partial charge in [-0.2, -0.15) is 0 Å². The number of hydrogen-bond acceptors (Lipinski definition) is 4. The Morgan fingerprint density at radius 3 is 1.90 bits per heavy atom. The Morgan fingerprint density at radius 1 is 0.933 bits per heavy atom. The molecule has 0 atom stereocenters. The van der Waals surface area contributed by atoms with Crippen molar-refractivity contribution in [1.82, 2.24) is 0 Å². The molecule has 0 heterocycles. The van der Waals surface area contributed by atoms with Crippen molar-refractivity contribution in [2.75, 3.05) is 0 Å². The van der Waals surface area contributed by atoms with Gasteiger partial charge in [0.2, 0.25) is 0 Å². The molecule has 156 valence electrons. The number of esters is 2. The fraction of sp³-hybridized carbons (Fsp3) is 0.308. The molecule has 0 unspecified atom stereocenters. The van der Waals surface area contributed by atoms with E-state index in [-0.39, 0.29) is 0 Å². The molecule has 0 aromatic heterocycles. The lowest BCUT2D eigenvalue weighted by Crippen LogP contribution is -2.17. The predicted octanol–water partition coefficient (Wildman–Crippen LogP) is 5.87. The first kappa shape index (κ1) is 21.6. The molecule has 4 heteroatoms. The van der Waals surface area contributed by atoms with Gasteiger partial charge in [-0.1, -0.05) is 62.9 Å². The Hall–Kier alpha value is -3.14. The van der Waals surface area contributed by atoms with Crippen molar-refractivity contribution in [3.8, 4) is 11.5 Å². The van der Waals surface area contributed by atoms with Crippen LogP contribution in [-0.2, 0) is 22.4 Å². The third kappa shape index (κ3) is 4.38. The number of ether oxygens (including phenoxy) is 2. The van der Waals surface area contributed by atoms with Crippen molar-refractivity contribution >= 4 is 22.7 Å². The first-order valence-corrected chi connectivity index (χ1v) is 10.2. The number of carbonyl (C=O) groups excluding carboxylic acids is 2. The fourth-order valence-electron chi connectivity index (χ4n) is 3.70. The molecule has 0 radical (unpaired) electrons. The molecule has 0 aliphatic heterocycles. The Morgan fingerprint density at radius 2 is 1.43 bits per heavy atom. The lowest BCUT2D eigenvalue weighted by Gasteiger charge is -2.25. The summed E-state index contributed by atoms with van der Waals surface area (Å²) in [6.07, 6.45) is 4.41. The van der Waals surface area contributed by atoms with Crippen LogP contribution in [0.5, 0.6) is 11.5 Å². The smallest absolute Gasteiger partial charge is 0.338 e. The third-order valence-electron chi connectivity index (χ3n) is 5.08. The molecule has 0 amide bonds. The molecule has 2 aromatic carbocycles. The molecule has 0 N–H and O–H groups in total. The topological polar surface area (TPSA) is 52.6 Å². The second-order valence-corrected chi connectivity index (χ2v) is 8.34. The summed E-state index contributed by atoms with van der Waals surface area (Å²) in [5, 5.41) is 1.47. The normalized spacial score (nSPS) is 12.9. The van der Waals surface area contributed by atoms with Crippen LogP contribution in [0, 0.1) is 5.92 Å². The molecular weight excluding hydrogens is 376 g/mol. The van der Waals surface area contributed by atoms with Crippen LogP contribution in [-0.4, -0.2) is 11.9 Å². The molecule has 1 aliphatic rings. The minimum atomic E-state index is -0.467. The maximum Gasteiger partial charge on any atom is 0.338 e. The van der Waals surface area contributed by atoms with Crippen LogP contribution in [0.3, 0.4) is 0 Å². The van der Waals surface area contributed by atoms with Gasteiger partial charge in [0.15, 0.2) is 0 Å². The highest BCUT2D eigenvalue weighted by molar-refractivity contribution is 6.01. The van der Waals surface area contributed by atoms with E-state index in [1.807, 2.05) is 24.3 Å². The number of carbonyl (C=O) groups is 2. The maximum atomic E-state index is 12.4. The summed E-state index contributed by atoms with van der Waals surface area (Å²) in [5.41, 5.74) is 3.72. The zero-order chi connectivity index (χ0) is 22.0. The number of fused-ring (bicyclic) bond motifs is 2. The van der Waals surface area contributed by atoms with Gasteiger partial charge in [0.05, 0.1) is 0 Å². The van der Waals surface area contributed by atoms with Gasteiger partial charge in [-0.3, -0.25) is 0 Å². The molecule has 30 heavy (non-hydrogen) atoms. The van der Waals surface area contributed by atoms with Crippen LogP contribution >= 0.6 is 0 Å². The van der Waals surface area contributed by atoms with Crippen LogP contribution in [0.15, 0.2) is 60.2 Å². The molecule has 0 saturated carbocycles. The van der Waals surface area contributed by atoms with Crippen molar-refractivity contribution in [3.05, 3.63) is 71.3 Å². The summed E-state index contributed by atoms with van der Waals surface area (Å²) in [6, 6.07) is 7.52. The molecule has 0 saturated heterocycles. The number of allylic oxidation sites excluding steroid dienone is 2. The van der Waals surface area contributed by atoms with Gasteiger partial charge in [0.25, 0.3) is 0 Å². The minimum absolute atomic E-state index is 0.331. The molecule has 0 bridgehead atoms. The fourth-order valence-corrected chi connectivity index (χ4v) is 3.70. The SMILES string of the molecule is C=C(C)C(=O)Oc1c2c(c(OC(=O)C(=C)C)c3ccccc13)CC(CC(C)C)=CC2. The van der Waals surface area contributed by atoms with Gasteiger partial charge < -0.3 is 9.47 Å². The summed E-state index contributed by atoms with van der Waals surface area (Å²) in [4.78, 5) is 24.8. The van der Waals surface area contributed by atoms with E-state index >= 15 is 0 Å². The van der Waals surface area contributed by atoms with Crippen molar-refractivity contribution in [1.29, 1.82) is 0 Å². The van der Waals surface area contributed by atoms with Crippen LogP contribution < -0.4 is 9.47 Å². The monoisotopic (exact) mass is 404 g/mol. The van der Waals surface area contributed by atoms with Crippen LogP contribution in [0.4, 0.5) is 0 Å². The highest BCUT2D eigenvalue weighted by atomic mass is 16.5. The van der Waals surface area contributed by atoms with Crippen LogP contribution in [0.25, 0.3) is 10.8 Å². The lowest BCUT2D eigenvalue weighted by molar-refractivity contribution is -0.131. The molecular formula is C26H28O4. The van der Waals surface area contributed by atoms with E-state index in [1.54, 1.807) is 13.8 Å². The summed E-state index contributed by atoms with van der Waals surface area (Å²) < 4.78 is 11.6. The third-order valence-corrected chi connectivity index (χ3v) is 5.08. The van der Waals surface area contributed by atoms with E-state index in [0.29, 0.717) is 41.4 Å². The zero-order valence-corrected chi connectivity index (χ0v) is 18.1. The molecule has 3 rings (SSSR count). The number of benzene rings is 2. The van der Waals surface area contributed by atoms with Crippen LogP contribution in [0.2, 0.25) is 0 Å². The first-order valence-electron chi connectivity index (χ1n) is 10.2. The maximum absolute atomic E-state index is 12.4. The van der Waals surface area contributed by atoms with Gasteiger partial charge in [-0.15, -0.1) is 0 Å². The van der Waals surface area contributed by atoms with Gasteiger partial charge >= 0.3 is 11.9 Å². The quantitative estimate of drug-likeness (QED) is 0.261. The number of hydrogen-bond donors (Lipinski definition) is 0. The average Bonchev–Trinajstić information content (AvgIpc) is 2.69. The summed E-state index contributed by atoms with van der Waals surface area (Å²) in [5.74, 6) is 0.627. The van der Waals surface area contributed by atoms with E-state index in [0.717, 1.165) is 28.3 Å². The van der Waals surface area contributed by atoms with Gasteiger partial charge in [-0.05, 0) is 39.0 Å². The Bertz CT molecular complexity index is 1090. The Labute approximate surface area is 177 Å². The molecule has 0 spiro atoms. The first-order chi connectivity index (χ1) is 14.2. The largest absolute Gasteiger partial charge is 0.422 e. The predicted molar refractivity (Wildman–Crippen MR) is 120 cm³/mol. The second-order valence-electron chi connectivity index (χ2n) is 8.34. The van der Waals surface area contributed by atoms with E-state index in [9.17, 15) is 9.59 Å². The Balaban J connectivity index is 2.24. The van der Waals surface area contributed by atoms with Crippen molar-refractivity contribution in [2.45, 2.75) is 47.0 Å². The lowest BCUT2D eigenvalue weighted by atomic mass is 9.84. The second kappa shape index (κ2) is 8.70. The summed E-state index contributed by atoms with van der Waals surface area (Å²) in [6.45, 7) is 15.0. The summed E-state index contributed by atoms with van der Waals surface area (Å²) in [7, 11) is 0. The average molecular weight is 405 g/mol. The minimum Gasteiger partial charge on any atom is -0.422 e. The van der Waals surface area contributed by atoms with Gasteiger partial charge in [-0.25, -0.2) is 9.59 Å². The van der Waals surface area contributed by atoms with E-state index in [2.05, 4.69) is 33.1 Å². The van der Waals surface area contributed by atoms with Gasteiger partial charge in [0, 0.05) is 33.0 Å². The summed E-state index contributed by atoms with van der Waals surface area (Å²) >= 11 is 0. The van der Waals surface area contributed by atoms with Crippen molar-refractivity contribution in [3.63, 3.8) is 0 Å². The number of rotatable bonds is 6.